The van der Waals surface area contributed by atoms with Gasteiger partial charge in [-0.3, -0.25) is 4.99 Å². The van der Waals surface area contributed by atoms with Gasteiger partial charge in [-0.2, -0.15) is 0 Å². The number of aliphatic imine (C=N–C) groups is 1. The van der Waals surface area contributed by atoms with E-state index in [1.807, 2.05) is 12.1 Å². The summed E-state index contributed by atoms with van der Waals surface area (Å²) in [5.41, 5.74) is 2.63. The predicted molar refractivity (Wildman–Crippen MR) is 119 cm³/mol. The number of furan rings is 1. The molecule has 1 aromatic carbocycles. The van der Waals surface area contributed by atoms with Gasteiger partial charge in [-0.25, -0.2) is 0 Å². The van der Waals surface area contributed by atoms with Crippen LogP contribution in [0.3, 0.4) is 0 Å². The molecule has 6 heteroatoms. The first-order chi connectivity index (χ1) is 12.3. The highest BCUT2D eigenvalue weighted by Gasteiger charge is 2.19. The van der Waals surface area contributed by atoms with Crippen LogP contribution < -0.4 is 10.2 Å². The van der Waals surface area contributed by atoms with Crippen molar-refractivity contribution in [1.82, 2.24) is 10.2 Å². The van der Waals surface area contributed by atoms with Gasteiger partial charge in [-0.05, 0) is 43.7 Å². The summed E-state index contributed by atoms with van der Waals surface area (Å²) in [6, 6.07) is 12.7. The predicted octanol–water partition coefficient (Wildman–Crippen LogP) is 3.54. The lowest BCUT2D eigenvalue weighted by Gasteiger charge is -2.37. The number of hydrogen-bond acceptors (Lipinski definition) is 3. The van der Waals surface area contributed by atoms with Gasteiger partial charge in [0.05, 0.1) is 6.26 Å². The van der Waals surface area contributed by atoms with E-state index in [9.17, 15) is 0 Å². The Morgan fingerprint density at radius 3 is 2.62 bits per heavy atom. The van der Waals surface area contributed by atoms with Crippen LogP contribution in [-0.2, 0) is 6.42 Å². The number of benzene rings is 1. The van der Waals surface area contributed by atoms with Crippen LogP contribution >= 0.6 is 24.0 Å². The number of nitrogens with zero attached hydrogens (tertiary/aromatic N) is 3. The summed E-state index contributed by atoms with van der Waals surface area (Å²) in [7, 11) is 0. The molecule has 1 saturated heterocycles. The van der Waals surface area contributed by atoms with Gasteiger partial charge in [0, 0.05) is 51.4 Å². The molecule has 1 aliphatic heterocycles. The molecule has 0 amide bonds. The molecule has 0 atom stereocenters. The molecule has 3 rings (SSSR count). The van der Waals surface area contributed by atoms with Gasteiger partial charge in [0.25, 0.3) is 0 Å². The van der Waals surface area contributed by atoms with E-state index in [1.54, 1.807) is 6.26 Å². The Morgan fingerprint density at radius 2 is 1.96 bits per heavy atom. The number of anilines is 1. The maximum atomic E-state index is 5.38. The maximum absolute atomic E-state index is 5.38. The summed E-state index contributed by atoms with van der Waals surface area (Å²) >= 11 is 0. The molecule has 142 valence electrons. The van der Waals surface area contributed by atoms with Crippen molar-refractivity contribution in [3.63, 3.8) is 0 Å². The molecule has 1 aliphatic rings. The molecule has 5 nitrogen and oxygen atoms in total. The van der Waals surface area contributed by atoms with E-state index in [-0.39, 0.29) is 24.0 Å². The molecule has 0 aliphatic carbocycles. The van der Waals surface area contributed by atoms with E-state index in [4.69, 9.17) is 9.41 Å². The van der Waals surface area contributed by atoms with E-state index >= 15 is 0 Å². The first-order valence-electron chi connectivity index (χ1n) is 9.13. The average molecular weight is 468 g/mol. The van der Waals surface area contributed by atoms with Gasteiger partial charge in [0.15, 0.2) is 5.96 Å². The average Bonchev–Trinajstić information content (AvgIpc) is 3.15. The van der Waals surface area contributed by atoms with Crippen LogP contribution in [0.25, 0.3) is 0 Å². The minimum Gasteiger partial charge on any atom is -0.469 e. The highest BCUT2D eigenvalue weighted by molar-refractivity contribution is 14.0. The van der Waals surface area contributed by atoms with Gasteiger partial charge >= 0.3 is 0 Å². The van der Waals surface area contributed by atoms with Crippen molar-refractivity contribution in [1.29, 1.82) is 0 Å². The fourth-order valence-electron chi connectivity index (χ4n) is 3.15. The fourth-order valence-corrected chi connectivity index (χ4v) is 3.15. The quantitative estimate of drug-likeness (QED) is 0.414. The molecule has 0 spiro atoms. The van der Waals surface area contributed by atoms with Crippen LogP contribution in [0.5, 0.6) is 0 Å². The third-order valence-electron chi connectivity index (χ3n) is 4.48. The molecule has 1 fully saturated rings. The Kier molecular flexibility index (Phi) is 8.28. The molecule has 1 aromatic heterocycles. The van der Waals surface area contributed by atoms with Gasteiger partial charge in [-0.1, -0.05) is 12.1 Å². The Balaban J connectivity index is 0.00000243. The zero-order valence-corrected chi connectivity index (χ0v) is 18.0. The molecule has 2 heterocycles. The van der Waals surface area contributed by atoms with Crippen molar-refractivity contribution >= 4 is 35.6 Å². The van der Waals surface area contributed by atoms with Crippen molar-refractivity contribution < 1.29 is 4.42 Å². The van der Waals surface area contributed by atoms with Gasteiger partial charge in [0.2, 0.25) is 0 Å². The van der Waals surface area contributed by atoms with Crippen molar-refractivity contribution in [3.05, 3.63) is 54.0 Å². The third kappa shape index (κ3) is 5.65. The van der Waals surface area contributed by atoms with E-state index in [1.165, 1.54) is 11.3 Å². The van der Waals surface area contributed by atoms with E-state index in [0.717, 1.165) is 57.4 Å². The number of halogens is 1. The van der Waals surface area contributed by atoms with Crippen LogP contribution in [0.1, 0.15) is 18.2 Å². The van der Waals surface area contributed by atoms with Crippen molar-refractivity contribution in [2.45, 2.75) is 20.3 Å². The summed E-state index contributed by atoms with van der Waals surface area (Å²) in [6.07, 6.45) is 2.56. The normalized spacial score (nSPS) is 14.9. The topological polar surface area (TPSA) is 44.0 Å². The van der Waals surface area contributed by atoms with Gasteiger partial charge in [0.1, 0.15) is 5.76 Å². The molecule has 26 heavy (non-hydrogen) atoms. The minimum absolute atomic E-state index is 0. The molecule has 0 saturated carbocycles. The smallest absolute Gasteiger partial charge is 0.194 e. The number of nitrogens with one attached hydrogen (secondary N) is 1. The van der Waals surface area contributed by atoms with Crippen LogP contribution in [0.4, 0.5) is 5.69 Å². The van der Waals surface area contributed by atoms with Crippen LogP contribution in [-0.4, -0.2) is 50.1 Å². The van der Waals surface area contributed by atoms with Crippen LogP contribution in [0.2, 0.25) is 0 Å². The summed E-state index contributed by atoms with van der Waals surface area (Å²) in [5.74, 6) is 2.00. The van der Waals surface area contributed by atoms with E-state index < -0.39 is 0 Å². The molecule has 2 aromatic rings. The number of aryl methyl sites for hydroxylation is 1. The molecular formula is C20H29IN4O. The fraction of sp³-hybridized carbons (Fsp3) is 0.450. The second kappa shape index (κ2) is 10.4. The second-order valence-electron chi connectivity index (χ2n) is 6.38. The maximum Gasteiger partial charge on any atom is 0.194 e. The van der Waals surface area contributed by atoms with Crippen molar-refractivity contribution in [3.8, 4) is 0 Å². The van der Waals surface area contributed by atoms with Crippen LogP contribution in [0.15, 0.2) is 52.1 Å². The first kappa shape index (κ1) is 20.6. The lowest BCUT2D eigenvalue weighted by atomic mass is 10.2. The summed E-state index contributed by atoms with van der Waals surface area (Å²) in [4.78, 5) is 9.59. The SMILES string of the molecule is CCNC(=NCCc1ccco1)N1CCN(c2cccc(C)c2)CC1.I. The summed E-state index contributed by atoms with van der Waals surface area (Å²) in [6.45, 7) is 9.91. The Hall–Kier alpha value is -1.70. The molecule has 0 radical (unpaired) electrons. The third-order valence-corrected chi connectivity index (χ3v) is 4.48. The number of guanidine groups is 1. The molecule has 0 bridgehead atoms. The number of hydrogen-bond donors (Lipinski definition) is 1. The van der Waals surface area contributed by atoms with E-state index in [2.05, 4.69) is 53.2 Å². The van der Waals surface area contributed by atoms with Gasteiger partial charge < -0.3 is 19.5 Å². The number of piperazine rings is 1. The zero-order valence-electron chi connectivity index (χ0n) is 15.6. The van der Waals surface area contributed by atoms with Crippen LogP contribution in [0, 0.1) is 6.92 Å². The number of rotatable bonds is 5. The van der Waals surface area contributed by atoms with Crippen molar-refractivity contribution in [2.75, 3.05) is 44.2 Å². The Bertz CT molecular complexity index is 679. The summed E-state index contributed by atoms with van der Waals surface area (Å²) < 4.78 is 5.38. The first-order valence-corrected chi connectivity index (χ1v) is 9.13. The molecule has 1 N–H and O–H groups in total. The Morgan fingerprint density at radius 1 is 1.15 bits per heavy atom. The zero-order chi connectivity index (χ0) is 17.5. The highest BCUT2D eigenvalue weighted by atomic mass is 127. The lowest BCUT2D eigenvalue weighted by Crippen LogP contribution is -2.52. The molecule has 0 unspecified atom stereocenters. The minimum atomic E-state index is 0. The largest absolute Gasteiger partial charge is 0.469 e. The summed E-state index contributed by atoms with van der Waals surface area (Å²) in [5, 5.41) is 3.42. The lowest BCUT2D eigenvalue weighted by molar-refractivity contribution is 0.372. The monoisotopic (exact) mass is 468 g/mol. The van der Waals surface area contributed by atoms with Gasteiger partial charge in [-0.15, -0.1) is 24.0 Å². The second-order valence-corrected chi connectivity index (χ2v) is 6.38. The standard InChI is InChI=1S/C20H28N4O.HI/c1-3-21-20(22-10-9-19-8-5-15-25-19)24-13-11-23(12-14-24)18-7-4-6-17(2)16-18;/h4-8,15-16H,3,9-14H2,1-2H3,(H,21,22);1H. The Labute approximate surface area is 173 Å². The van der Waals surface area contributed by atoms with Crippen molar-refractivity contribution in [2.24, 2.45) is 4.99 Å². The van der Waals surface area contributed by atoms with E-state index in [0.29, 0.717) is 0 Å². The molecular weight excluding hydrogens is 439 g/mol. The highest BCUT2D eigenvalue weighted by Crippen LogP contribution is 2.17.